The molecule has 2 saturated carbocycles. The third-order valence-corrected chi connectivity index (χ3v) is 7.22. The molecular formula is C24H34O7. The average molecular weight is 435 g/mol. The number of rotatable bonds is 14. The van der Waals surface area contributed by atoms with E-state index in [1.807, 2.05) is 0 Å². The summed E-state index contributed by atoms with van der Waals surface area (Å²) in [5, 5.41) is 48.9. The number of aromatic hydroxyl groups is 3. The van der Waals surface area contributed by atoms with E-state index in [0.717, 1.165) is 64.2 Å². The van der Waals surface area contributed by atoms with Crippen molar-refractivity contribution in [3.05, 3.63) is 17.2 Å². The van der Waals surface area contributed by atoms with Crippen LogP contribution in [0, 0.1) is 10.8 Å². The summed E-state index contributed by atoms with van der Waals surface area (Å²) >= 11 is 0. The summed E-state index contributed by atoms with van der Waals surface area (Å²) in [5.41, 5.74) is 0.172. The summed E-state index contributed by atoms with van der Waals surface area (Å²) in [6.45, 7) is 0. The Morgan fingerprint density at radius 2 is 1.03 bits per heavy atom. The van der Waals surface area contributed by atoms with Gasteiger partial charge < -0.3 is 25.5 Å². The topological polar surface area (TPSA) is 135 Å². The number of phenolic OH excluding ortho intramolecular Hbond substituents is 3. The van der Waals surface area contributed by atoms with Crippen molar-refractivity contribution in [2.45, 2.75) is 89.9 Å². The fraction of sp³-hybridized carbons (Fsp3) is 0.667. The number of aryl methyl sites for hydroxylation is 2. The largest absolute Gasteiger partial charge is 0.504 e. The monoisotopic (exact) mass is 434 g/mol. The summed E-state index contributed by atoms with van der Waals surface area (Å²) in [6.07, 6.45) is 10.4. The number of aliphatic carboxylic acids is 2. The van der Waals surface area contributed by atoms with Crippen LogP contribution < -0.4 is 0 Å². The summed E-state index contributed by atoms with van der Waals surface area (Å²) in [5.74, 6) is -2.47. The van der Waals surface area contributed by atoms with Crippen LogP contribution in [0.25, 0.3) is 0 Å². The number of hydrogen-bond donors (Lipinski definition) is 5. The first-order valence-corrected chi connectivity index (χ1v) is 11.4. The van der Waals surface area contributed by atoms with E-state index in [1.54, 1.807) is 6.07 Å². The third kappa shape index (κ3) is 5.43. The number of carboxylic acids is 2. The van der Waals surface area contributed by atoms with Crippen molar-refractivity contribution in [1.29, 1.82) is 0 Å². The molecule has 7 nitrogen and oxygen atoms in total. The summed E-state index contributed by atoms with van der Waals surface area (Å²) in [7, 11) is 0. The molecule has 7 heteroatoms. The molecule has 0 unspecified atom stereocenters. The molecule has 172 valence electrons. The van der Waals surface area contributed by atoms with Crippen LogP contribution in [0.1, 0.15) is 88.2 Å². The second kappa shape index (κ2) is 9.37. The van der Waals surface area contributed by atoms with E-state index in [-0.39, 0.29) is 11.5 Å². The van der Waals surface area contributed by atoms with Crippen LogP contribution in [0.5, 0.6) is 17.2 Å². The van der Waals surface area contributed by atoms with E-state index in [4.69, 9.17) is 0 Å². The number of phenols is 3. The number of hydrogen-bond acceptors (Lipinski definition) is 5. The predicted octanol–water partition coefficient (Wildman–Crippen LogP) is 4.74. The Balaban J connectivity index is 1.44. The van der Waals surface area contributed by atoms with Crippen LogP contribution in [-0.4, -0.2) is 37.5 Å². The molecule has 0 radical (unpaired) electrons. The minimum absolute atomic E-state index is 0.289. The van der Waals surface area contributed by atoms with Crippen molar-refractivity contribution in [2.75, 3.05) is 0 Å². The second-order valence-corrected chi connectivity index (χ2v) is 9.53. The average Bonchev–Trinajstić information content (AvgIpc) is 3.64. The molecule has 1 aromatic rings. The Morgan fingerprint density at radius 3 is 1.35 bits per heavy atom. The molecule has 3 rings (SSSR count). The van der Waals surface area contributed by atoms with E-state index in [0.29, 0.717) is 36.8 Å². The summed E-state index contributed by atoms with van der Waals surface area (Å²) in [6, 6.07) is 1.74. The van der Waals surface area contributed by atoms with Crippen molar-refractivity contribution >= 4 is 11.9 Å². The zero-order chi connectivity index (χ0) is 22.6. The molecule has 31 heavy (non-hydrogen) atoms. The molecule has 0 atom stereocenters. The summed E-state index contributed by atoms with van der Waals surface area (Å²) in [4.78, 5) is 22.4. The smallest absolute Gasteiger partial charge is 0.309 e. The van der Waals surface area contributed by atoms with Gasteiger partial charge in [-0.15, -0.1) is 0 Å². The molecule has 0 aliphatic heterocycles. The minimum Gasteiger partial charge on any atom is -0.504 e. The molecule has 2 aliphatic carbocycles. The van der Waals surface area contributed by atoms with Gasteiger partial charge in [0.25, 0.3) is 0 Å². The fourth-order valence-electron chi connectivity index (χ4n) is 4.50. The maximum Gasteiger partial charge on any atom is 0.309 e. The lowest BCUT2D eigenvalue weighted by molar-refractivity contribution is -0.144. The maximum absolute atomic E-state index is 11.2. The first-order chi connectivity index (χ1) is 14.7. The zero-order valence-electron chi connectivity index (χ0n) is 18.0. The molecule has 0 heterocycles. The van der Waals surface area contributed by atoms with Gasteiger partial charge in [-0.05, 0) is 81.4 Å². The van der Waals surface area contributed by atoms with E-state index in [9.17, 15) is 35.1 Å². The standard InChI is InChI=1S/C24H34O7/c25-18-16(7-3-1-5-9-23(11-12-23)21(28)29)15-17(19(26)20(18)27)8-4-2-6-10-24(13-14-24)22(30)31/h15,25-27H,1-14H2,(H,28,29)(H,30,31). The van der Waals surface area contributed by atoms with E-state index < -0.39 is 28.5 Å². The van der Waals surface area contributed by atoms with Crippen LogP contribution in [0.4, 0.5) is 0 Å². The first kappa shape index (κ1) is 23.2. The van der Waals surface area contributed by atoms with E-state index >= 15 is 0 Å². The van der Waals surface area contributed by atoms with E-state index in [2.05, 4.69) is 0 Å². The van der Waals surface area contributed by atoms with E-state index in [1.165, 1.54) is 0 Å². The highest BCUT2D eigenvalue weighted by atomic mass is 16.4. The molecule has 2 aliphatic rings. The molecule has 0 aromatic heterocycles. The SMILES string of the molecule is O=C(O)C1(CCCCCc2cc(CCCCCC3(C(=O)O)CC3)c(O)c(O)c2O)CC1. The Hall–Kier alpha value is -2.44. The van der Waals surface area contributed by atoms with Gasteiger partial charge in [0.05, 0.1) is 10.8 Å². The van der Waals surface area contributed by atoms with Gasteiger partial charge in [0.15, 0.2) is 11.5 Å². The van der Waals surface area contributed by atoms with Crippen molar-refractivity contribution in [3.63, 3.8) is 0 Å². The normalized spacial score (nSPS) is 17.9. The minimum atomic E-state index is -0.700. The highest BCUT2D eigenvalue weighted by molar-refractivity contribution is 5.78. The second-order valence-electron chi connectivity index (χ2n) is 9.53. The lowest BCUT2D eigenvalue weighted by Crippen LogP contribution is -2.14. The molecule has 0 amide bonds. The van der Waals surface area contributed by atoms with Crippen LogP contribution in [0.2, 0.25) is 0 Å². The van der Waals surface area contributed by atoms with Crippen LogP contribution in [-0.2, 0) is 22.4 Å². The van der Waals surface area contributed by atoms with Gasteiger partial charge in [-0.3, -0.25) is 9.59 Å². The highest BCUT2D eigenvalue weighted by Crippen LogP contribution is 2.51. The number of carboxylic acid groups (broad SMARTS) is 2. The molecule has 2 fully saturated rings. The number of unbranched alkanes of at least 4 members (excludes halogenated alkanes) is 4. The third-order valence-electron chi connectivity index (χ3n) is 7.22. The van der Waals surface area contributed by atoms with Crippen LogP contribution >= 0.6 is 0 Å². The molecule has 0 spiro atoms. The van der Waals surface area contributed by atoms with Gasteiger partial charge in [0, 0.05) is 0 Å². The molecule has 0 saturated heterocycles. The lowest BCUT2D eigenvalue weighted by Gasteiger charge is -2.13. The van der Waals surface area contributed by atoms with Crippen molar-refractivity contribution in [3.8, 4) is 17.2 Å². The molecular weight excluding hydrogens is 400 g/mol. The maximum atomic E-state index is 11.2. The zero-order valence-corrected chi connectivity index (χ0v) is 18.0. The predicted molar refractivity (Wildman–Crippen MR) is 114 cm³/mol. The van der Waals surface area contributed by atoms with Gasteiger partial charge in [-0.25, -0.2) is 0 Å². The van der Waals surface area contributed by atoms with Gasteiger partial charge in [-0.2, -0.15) is 0 Å². The number of benzene rings is 1. The first-order valence-electron chi connectivity index (χ1n) is 11.4. The lowest BCUT2D eigenvalue weighted by atomic mass is 9.95. The van der Waals surface area contributed by atoms with Crippen LogP contribution in [0.3, 0.4) is 0 Å². The summed E-state index contributed by atoms with van der Waals surface area (Å²) < 4.78 is 0. The van der Waals surface area contributed by atoms with Crippen molar-refractivity contribution < 1.29 is 35.1 Å². The molecule has 5 N–H and O–H groups in total. The Kier molecular flexibility index (Phi) is 7.02. The highest BCUT2D eigenvalue weighted by Gasteiger charge is 2.49. The quantitative estimate of drug-likeness (QED) is 0.211. The Morgan fingerprint density at radius 1 is 0.645 bits per heavy atom. The van der Waals surface area contributed by atoms with Crippen LogP contribution in [0.15, 0.2) is 6.07 Å². The van der Waals surface area contributed by atoms with Crippen molar-refractivity contribution in [1.82, 2.24) is 0 Å². The fourth-order valence-corrected chi connectivity index (χ4v) is 4.50. The molecule has 0 bridgehead atoms. The number of carbonyl (C=O) groups is 2. The Labute approximate surface area is 182 Å². The van der Waals surface area contributed by atoms with Gasteiger partial charge in [0.2, 0.25) is 5.75 Å². The molecule has 1 aromatic carbocycles. The van der Waals surface area contributed by atoms with Gasteiger partial charge >= 0.3 is 11.9 Å². The van der Waals surface area contributed by atoms with Gasteiger partial charge in [-0.1, -0.05) is 25.7 Å². The Bertz CT molecular complexity index is 757. The van der Waals surface area contributed by atoms with Crippen molar-refractivity contribution in [2.24, 2.45) is 10.8 Å². The van der Waals surface area contributed by atoms with Gasteiger partial charge in [0.1, 0.15) is 0 Å².